The molecule has 5 rings (SSSR count). The minimum atomic E-state index is -4.49. The van der Waals surface area contributed by atoms with E-state index in [0.29, 0.717) is 8.83 Å². The molecule has 1 heterocycles. The number of sulfonamides is 2. The SMILES string of the molecule is Cc1ccc(S(=O)(=O)N2N=C(c3cccc(Cl)c3Cl)N(S(=O)(=O)c3ccc(C)cc3)N=C2c2cccc(Cl)c2Cl)cc1. The van der Waals surface area contributed by atoms with Crippen LogP contribution in [0.25, 0.3) is 0 Å². The summed E-state index contributed by atoms with van der Waals surface area (Å²) in [5.74, 6) is -0.832. The molecule has 1 aliphatic heterocycles. The van der Waals surface area contributed by atoms with E-state index in [1.54, 1.807) is 38.1 Å². The fourth-order valence-corrected chi connectivity index (χ4v) is 7.19. The van der Waals surface area contributed by atoms with E-state index in [9.17, 15) is 16.8 Å². The second-order valence-corrected chi connectivity index (χ2v) is 14.3. The molecule has 0 saturated heterocycles. The van der Waals surface area contributed by atoms with Crippen molar-refractivity contribution in [1.82, 2.24) is 8.83 Å². The maximum Gasteiger partial charge on any atom is 0.285 e. The predicted molar refractivity (Wildman–Crippen MR) is 166 cm³/mol. The van der Waals surface area contributed by atoms with Crippen LogP contribution in [-0.2, 0) is 20.0 Å². The number of hydrogen-bond donors (Lipinski definition) is 0. The summed E-state index contributed by atoms with van der Waals surface area (Å²) >= 11 is 25.6. The van der Waals surface area contributed by atoms with E-state index in [0.717, 1.165) is 11.1 Å². The quantitative estimate of drug-likeness (QED) is 0.213. The van der Waals surface area contributed by atoms with Crippen LogP contribution in [0.3, 0.4) is 0 Å². The normalized spacial score (nSPS) is 14.0. The Hall–Kier alpha value is -3.12. The summed E-state index contributed by atoms with van der Waals surface area (Å²) in [6.45, 7) is 3.61. The van der Waals surface area contributed by atoms with E-state index in [-0.39, 0.29) is 41.0 Å². The Morgan fingerprint density at radius 2 is 0.857 bits per heavy atom. The van der Waals surface area contributed by atoms with E-state index in [1.807, 2.05) is 0 Å². The maximum atomic E-state index is 14.1. The molecule has 0 N–H and O–H groups in total. The average molecular weight is 682 g/mol. The molecule has 0 radical (unpaired) electrons. The summed E-state index contributed by atoms with van der Waals surface area (Å²) in [6.07, 6.45) is 0. The molecule has 0 bridgehead atoms. The number of rotatable bonds is 6. The molecule has 0 atom stereocenters. The Morgan fingerprint density at radius 1 is 0.524 bits per heavy atom. The lowest BCUT2D eigenvalue weighted by Gasteiger charge is -2.31. The number of hydrazone groups is 2. The van der Waals surface area contributed by atoms with Gasteiger partial charge in [0.2, 0.25) is 0 Å². The molecular formula is C28H20Cl4N4O4S2. The van der Waals surface area contributed by atoms with Crippen LogP contribution in [0.1, 0.15) is 22.3 Å². The molecule has 0 amide bonds. The van der Waals surface area contributed by atoms with Gasteiger partial charge in [-0.05, 0) is 62.4 Å². The van der Waals surface area contributed by atoms with Gasteiger partial charge in [0.25, 0.3) is 20.0 Å². The van der Waals surface area contributed by atoms with Gasteiger partial charge in [0.15, 0.2) is 11.7 Å². The third-order valence-corrected chi connectivity index (χ3v) is 11.0. The van der Waals surface area contributed by atoms with Crippen molar-refractivity contribution >= 4 is 78.1 Å². The van der Waals surface area contributed by atoms with E-state index < -0.39 is 31.7 Å². The van der Waals surface area contributed by atoms with Gasteiger partial charge >= 0.3 is 0 Å². The highest BCUT2D eigenvalue weighted by Gasteiger charge is 2.41. The molecule has 0 fully saturated rings. The van der Waals surface area contributed by atoms with Crippen molar-refractivity contribution in [2.24, 2.45) is 10.2 Å². The molecule has 0 aromatic heterocycles. The zero-order chi connectivity index (χ0) is 30.4. The van der Waals surface area contributed by atoms with Crippen molar-refractivity contribution in [3.63, 3.8) is 0 Å². The van der Waals surface area contributed by atoms with Crippen LogP contribution in [0.2, 0.25) is 20.1 Å². The summed E-state index contributed by atoms with van der Waals surface area (Å²) in [5, 5.41) is 8.81. The van der Waals surface area contributed by atoms with Gasteiger partial charge in [-0.2, -0.15) is 16.8 Å². The van der Waals surface area contributed by atoms with Crippen LogP contribution >= 0.6 is 46.4 Å². The number of amidine groups is 2. The lowest BCUT2D eigenvalue weighted by Crippen LogP contribution is -2.45. The van der Waals surface area contributed by atoms with Gasteiger partial charge in [-0.1, -0.05) is 93.9 Å². The van der Waals surface area contributed by atoms with E-state index in [2.05, 4.69) is 10.2 Å². The molecule has 4 aromatic carbocycles. The number of nitrogens with zero attached hydrogens (tertiary/aromatic N) is 4. The van der Waals surface area contributed by atoms with Crippen LogP contribution < -0.4 is 0 Å². The first-order valence-corrected chi connectivity index (χ1v) is 16.5. The third kappa shape index (κ3) is 5.50. The third-order valence-electron chi connectivity index (χ3n) is 6.21. The van der Waals surface area contributed by atoms with Gasteiger partial charge in [-0.15, -0.1) is 19.0 Å². The molecule has 0 saturated carbocycles. The molecule has 8 nitrogen and oxygen atoms in total. The predicted octanol–water partition coefficient (Wildman–Crippen LogP) is 7.34. The first-order chi connectivity index (χ1) is 19.8. The Balaban J connectivity index is 1.85. The number of hydrogen-bond acceptors (Lipinski definition) is 6. The minimum absolute atomic E-state index is 0.0175. The van der Waals surface area contributed by atoms with E-state index >= 15 is 0 Å². The first-order valence-electron chi connectivity index (χ1n) is 12.1. The molecule has 0 unspecified atom stereocenters. The summed E-state index contributed by atoms with van der Waals surface area (Å²) in [4.78, 5) is -0.261. The molecule has 42 heavy (non-hydrogen) atoms. The van der Waals surface area contributed by atoms with Crippen LogP contribution in [0.15, 0.2) is 105 Å². The van der Waals surface area contributed by atoms with Crippen molar-refractivity contribution in [2.45, 2.75) is 23.6 Å². The standard InChI is InChI=1S/C28H20Cl4N4O4S2/c1-17-9-13-19(14-10-17)41(37,38)35-27(21-5-3-7-23(29)25(21)31)34-36(42(39,40)20-15-11-18(2)12-16-20)28(33-35)22-6-4-8-24(30)26(22)32/h3-16H,1-2H3. The Bertz CT molecular complexity index is 1840. The van der Waals surface area contributed by atoms with Gasteiger partial charge in [0.05, 0.1) is 29.9 Å². The largest absolute Gasteiger partial charge is 0.285 e. The average Bonchev–Trinajstić information content (AvgIpc) is 2.96. The molecule has 216 valence electrons. The highest BCUT2D eigenvalue weighted by molar-refractivity contribution is 7.90. The summed E-state index contributed by atoms with van der Waals surface area (Å²) < 4.78 is 57.7. The van der Waals surface area contributed by atoms with Gasteiger partial charge in [0, 0.05) is 11.1 Å². The lowest BCUT2D eigenvalue weighted by molar-refractivity contribution is 0.488. The van der Waals surface area contributed by atoms with Gasteiger partial charge in [-0.3, -0.25) is 0 Å². The van der Waals surface area contributed by atoms with Crippen LogP contribution in [0.4, 0.5) is 0 Å². The number of aryl methyl sites for hydroxylation is 2. The molecule has 0 aliphatic carbocycles. The number of halogens is 4. The monoisotopic (exact) mass is 680 g/mol. The van der Waals surface area contributed by atoms with Crippen LogP contribution in [0.5, 0.6) is 0 Å². The van der Waals surface area contributed by atoms with Crippen molar-refractivity contribution in [2.75, 3.05) is 0 Å². The molecule has 14 heteroatoms. The van der Waals surface area contributed by atoms with Crippen molar-refractivity contribution in [3.05, 3.63) is 127 Å². The first kappa shape index (κ1) is 30.3. The molecular weight excluding hydrogens is 662 g/mol. The summed E-state index contributed by atoms with van der Waals surface area (Å²) in [7, 11) is -8.99. The van der Waals surface area contributed by atoms with Crippen molar-refractivity contribution in [1.29, 1.82) is 0 Å². The molecule has 1 aliphatic rings. The summed E-state index contributed by atoms with van der Waals surface area (Å²) in [5.41, 5.74) is 1.68. The summed E-state index contributed by atoms with van der Waals surface area (Å²) in [6, 6.07) is 21.0. The van der Waals surface area contributed by atoms with Gasteiger partial charge in [0.1, 0.15) is 0 Å². The second kappa shape index (κ2) is 11.5. The van der Waals surface area contributed by atoms with E-state index in [4.69, 9.17) is 46.4 Å². The molecule has 4 aromatic rings. The molecule has 0 spiro atoms. The zero-order valence-electron chi connectivity index (χ0n) is 21.8. The highest BCUT2D eigenvalue weighted by Crippen LogP contribution is 2.35. The Morgan fingerprint density at radius 3 is 1.19 bits per heavy atom. The van der Waals surface area contributed by atoms with Crippen LogP contribution in [0, 0.1) is 13.8 Å². The minimum Gasteiger partial charge on any atom is -0.199 e. The maximum absolute atomic E-state index is 14.1. The van der Waals surface area contributed by atoms with Crippen LogP contribution in [-0.4, -0.2) is 37.3 Å². The number of benzene rings is 4. The van der Waals surface area contributed by atoms with Gasteiger partial charge < -0.3 is 0 Å². The smallest absolute Gasteiger partial charge is 0.199 e. The van der Waals surface area contributed by atoms with Crippen molar-refractivity contribution < 1.29 is 16.8 Å². The Kier molecular flexibility index (Phi) is 8.32. The van der Waals surface area contributed by atoms with Gasteiger partial charge in [-0.25, -0.2) is 0 Å². The zero-order valence-corrected chi connectivity index (χ0v) is 26.5. The fraction of sp³-hybridized carbons (Fsp3) is 0.0714. The van der Waals surface area contributed by atoms with Crippen molar-refractivity contribution in [3.8, 4) is 0 Å². The topological polar surface area (TPSA) is 99.5 Å². The second-order valence-electron chi connectivity index (χ2n) is 9.17. The fourth-order valence-electron chi connectivity index (χ4n) is 3.97. The van der Waals surface area contributed by atoms with E-state index in [1.165, 1.54) is 60.7 Å². The highest BCUT2D eigenvalue weighted by atomic mass is 35.5. The lowest BCUT2D eigenvalue weighted by atomic mass is 10.2. The Labute approximate surface area is 263 Å².